The fourth-order valence-electron chi connectivity index (χ4n) is 4.33. The largest absolute Gasteiger partial charge is 0.332 e. The van der Waals surface area contributed by atoms with Crippen LogP contribution in [0.25, 0.3) is 11.2 Å². The van der Waals surface area contributed by atoms with Crippen LogP contribution in [0.3, 0.4) is 0 Å². The van der Waals surface area contributed by atoms with E-state index in [-0.39, 0.29) is 17.9 Å². The molecule has 0 radical (unpaired) electrons. The Hall–Kier alpha value is -3.68. The molecule has 1 aliphatic heterocycles. The molecule has 0 atom stereocenters. The molecule has 1 aliphatic rings. The number of benzene rings is 2. The lowest BCUT2D eigenvalue weighted by Gasteiger charge is -2.29. The van der Waals surface area contributed by atoms with E-state index in [9.17, 15) is 14.0 Å². The van der Waals surface area contributed by atoms with Crippen LogP contribution in [0, 0.1) is 5.82 Å². The second-order valence-corrected chi connectivity index (χ2v) is 8.12. The highest BCUT2D eigenvalue weighted by Gasteiger charge is 2.27. The van der Waals surface area contributed by atoms with Crippen LogP contribution < -0.4 is 16.1 Å². The van der Waals surface area contributed by atoms with E-state index in [4.69, 9.17) is 4.98 Å². The van der Waals surface area contributed by atoms with Gasteiger partial charge in [-0.15, -0.1) is 0 Å². The highest BCUT2D eigenvalue weighted by Crippen LogP contribution is 2.31. The molecule has 8 heteroatoms. The first-order valence-electron chi connectivity index (χ1n) is 10.8. The third kappa shape index (κ3) is 3.23. The number of halogens is 1. The zero-order valence-electron chi connectivity index (χ0n) is 18.1. The summed E-state index contributed by atoms with van der Waals surface area (Å²) in [5.74, 6) is 0.309. The molecule has 0 fully saturated rings. The fourth-order valence-corrected chi connectivity index (χ4v) is 4.33. The summed E-state index contributed by atoms with van der Waals surface area (Å²) in [5, 5.41) is 0. The molecular formula is C24H24FN5O2. The molecule has 0 unspecified atom stereocenters. The molecule has 32 heavy (non-hydrogen) atoms. The average Bonchev–Trinajstić information content (AvgIpc) is 3.22. The van der Waals surface area contributed by atoms with Gasteiger partial charge in [-0.2, -0.15) is 4.98 Å². The number of anilines is 2. The standard InChI is InChI=1S/C24H24FN5O2/c1-3-16-7-11-19(12-8-16)28-13-4-14-29-20-21(26-23(28)29)27(2)24(32)30(22(20)31)15-17-5-9-18(25)10-6-17/h5-12H,3-4,13-15H2,1-2H3. The number of imidazole rings is 1. The van der Waals surface area contributed by atoms with Crippen LogP contribution in [-0.4, -0.2) is 25.2 Å². The van der Waals surface area contributed by atoms with Crippen LogP contribution in [0.4, 0.5) is 16.0 Å². The van der Waals surface area contributed by atoms with Crippen molar-refractivity contribution in [3.05, 3.63) is 86.3 Å². The monoisotopic (exact) mass is 433 g/mol. The Morgan fingerprint density at radius 2 is 1.66 bits per heavy atom. The number of aryl methyl sites for hydroxylation is 3. The minimum Gasteiger partial charge on any atom is -0.312 e. The number of hydrogen-bond acceptors (Lipinski definition) is 4. The van der Waals surface area contributed by atoms with Gasteiger partial charge in [0.05, 0.1) is 6.54 Å². The van der Waals surface area contributed by atoms with Crippen molar-refractivity contribution in [2.45, 2.75) is 32.9 Å². The Morgan fingerprint density at radius 3 is 2.34 bits per heavy atom. The molecule has 7 nitrogen and oxygen atoms in total. The minimum atomic E-state index is -0.443. The van der Waals surface area contributed by atoms with Crippen LogP contribution in [-0.2, 0) is 26.6 Å². The smallest absolute Gasteiger partial charge is 0.312 e. The number of nitrogens with zero attached hydrogens (tertiary/aromatic N) is 5. The summed E-state index contributed by atoms with van der Waals surface area (Å²) in [4.78, 5) is 33.2. The summed E-state index contributed by atoms with van der Waals surface area (Å²) < 4.78 is 17.8. The molecule has 0 N–H and O–H groups in total. The molecule has 2 aromatic carbocycles. The topological polar surface area (TPSA) is 65.1 Å². The van der Waals surface area contributed by atoms with Crippen LogP contribution in [0.15, 0.2) is 58.1 Å². The number of hydrogen-bond donors (Lipinski definition) is 0. The maximum atomic E-state index is 13.4. The molecule has 4 aromatic rings. The van der Waals surface area contributed by atoms with Crippen LogP contribution >= 0.6 is 0 Å². The minimum absolute atomic E-state index is 0.0738. The molecule has 164 valence electrons. The first-order valence-corrected chi connectivity index (χ1v) is 10.8. The maximum absolute atomic E-state index is 13.4. The summed E-state index contributed by atoms with van der Waals surface area (Å²) in [6.07, 6.45) is 1.82. The molecule has 0 spiro atoms. The average molecular weight is 433 g/mol. The van der Waals surface area contributed by atoms with E-state index in [2.05, 4.69) is 36.1 Å². The second kappa shape index (κ2) is 7.78. The quantitative estimate of drug-likeness (QED) is 0.496. The van der Waals surface area contributed by atoms with Gasteiger partial charge in [0.15, 0.2) is 11.2 Å². The van der Waals surface area contributed by atoms with Gasteiger partial charge in [0.2, 0.25) is 5.95 Å². The number of rotatable bonds is 4. The third-order valence-electron chi connectivity index (χ3n) is 6.13. The van der Waals surface area contributed by atoms with Gasteiger partial charge in [0, 0.05) is 25.8 Å². The fraction of sp³-hybridized carbons (Fsp3) is 0.292. The Balaban J connectivity index is 1.66. The predicted molar refractivity (Wildman–Crippen MR) is 122 cm³/mol. The van der Waals surface area contributed by atoms with Gasteiger partial charge in [-0.3, -0.25) is 13.9 Å². The normalized spacial score (nSPS) is 13.5. The zero-order chi connectivity index (χ0) is 22.4. The van der Waals surface area contributed by atoms with E-state index in [0.717, 1.165) is 25.1 Å². The SMILES string of the molecule is CCc1ccc(N2CCCn3c2nc2c3c(=O)n(Cc3ccc(F)cc3)c(=O)n2C)cc1. The van der Waals surface area contributed by atoms with Crippen molar-refractivity contribution < 1.29 is 4.39 Å². The summed E-state index contributed by atoms with van der Waals surface area (Å²) in [5.41, 5.74) is 2.92. The lowest BCUT2D eigenvalue weighted by Crippen LogP contribution is -2.40. The molecule has 0 aliphatic carbocycles. The molecule has 0 saturated carbocycles. The Kier molecular flexibility index (Phi) is 4.92. The van der Waals surface area contributed by atoms with Crippen molar-refractivity contribution in [3.63, 3.8) is 0 Å². The molecular weight excluding hydrogens is 409 g/mol. The van der Waals surface area contributed by atoms with Gasteiger partial charge in [-0.1, -0.05) is 31.2 Å². The lowest BCUT2D eigenvalue weighted by molar-refractivity contribution is 0.597. The second-order valence-electron chi connectivity index (χ2n) is 8.12. The van der Waals surface area contributed by atoms with E-state index >= 15 is 0 Å². The molecule has 0 bridgehead atoms. The van der Waals surface area contributed by atoms with Crippen molar-refractivity contribution in [3.8, 4) is 0 Å². The van der Waals surface area contributed by atoms with Gasteiger partial charge in [0.1, 0.15) is 5.82 Å². The number of aromatic nitrogens is 4. The van der Waals surface area contributed by atoms with Crippen molar-refractivity contribution in [2.75, 3.05) is 11.4 Å². The Bertz CT molecular complexity index is 1410. The first kappa shape index (κ1) is 20.2. The van der Waals surface area contributed by atoms with Gasteiger partial charge in [-0.05, 0) is 48.2 Å². The van der Waals surface area contributed by atoms with Crippen LogP contribution in [0.1, 0.15) is 24.5 Å². The zero-order valence-corrected chi connectivity index (χ0v) is 18.1. The Morgan fingerprint density at radius 1 is 0.969 bits per heavy atom. The first-order chi connectivity index (χ1) is 15.5. The van der Waals surface area contributed by atoms with Gasteiger partial charge < -0.3 is 9.47 Å². The Labute approximate surface area is 184 Å². The summed E-state index contributed by atoms with van der Waals surface area (Å²) >= 11 is 0. The van der Waals surface area contributed by atoms with Crippen LogP contribution in [0.2, 0.25) is 0 Å². The van der Waals surface area contributed by atoms with E-state index in [1.165, 1.54) is 26.8 Å². The van der Waals surface area contributed by atoms with E-state index in [1.54, 1.807) is 19.2 Å². The number of fused-ring (bicyclic) bond motifs is 3. The highest BCUT2D eigenvalue weighted by atomic mass is 19.1. The van der Waals surface area contributed by atoms with E-state index in [1.807, 2.05) is 4.57 Å². The van der Waals surface area contributed by atoms with Crippen LogP contribution in [0.5, 0.6) is 0 Å². The molecule has 2 aromatic heterocycles. The molecule has 0 saturated heterocycles. The van der Waals surface area contributed by atoms with Crippen molar-refractivity contribution in [1.82, 2.24) is 18.7 Å². The summed E-state index contributed by atoms with van der Waals surface area (Å²) in [6.45, 7) is 3.63. The molecule has 5 rings (SSSR count). The summed E-state index contributed by atoms with van der Waals surface area (Å²) in [7, 11) is 1.63. The third-order valence-corrected chi connectivity index (χ3v) is 6.13. The van der Waals surface area contributed by atoms with Gasteiger partial charge in [0.25, 0.3) is 5.56 Å². The molecule has 3 heterocycles. The lowest BCUT2D eigenvalue weighted by atomic mass is 10.1. The van der Waals surface area contributed by atoms with Crippen molar-refractivity contribution >= 4 is 22.8 Å². The molecule has 0 amide bonds. The van der Waals surface area contributed by atoms with E-state index < -0.39 is 5.69 Å². The van der Waals surface area contributed by atoms with Gasteiger partial charge >= 0.3 is 5.69 Å². The van der Waals surface area contributed by atoms with Gasteiger partial charge in [-0.25, -0.2) is 9.18 Å². The van der Waals surface area contributed by atoms with E-state index in [0.29, 0.717) is 29.2 Å². The maximum Gasteiger partial charge on any atom is 0.332 e. The van der Waals surface area contributed by atoms with Crippen molar-refractivity contribution in [1.29, 1.82) is 0 Å². The summed E-state index contributed by atoms with van der Waals surface area (Å²) in [6, 6.07) is 14.2. The highest BCUT2D eigenvalue weighted by molar-refractivity contribution is 5.77. The predicted octanol–water partition coefficient (Wildman–Crippen LogP) is 3.19. The van der Waals surface area contributed by atoms with Crippen molar-refractivity contribution in [2.24, 2.45) is 7.05 Å².